The molecule has 1 saturated carbocycles. The topological polar surface area (TPSA) is 81.4 Å². The van der Waals surface area contributed by atoms with E-state index >= 15 is 0 Å². The predicted octanol–water partition coefficient (Wildman–Crippen LogP) is 2.23. The Morgan fingerprint density at radius 3 is 2.81 bits per heavy atom. The van der Waals surface area contributed by atoms with Gasteiger partial charge in [-0.2, -0.15) is 11.8 Å². The van der Waals surface area contributed by atoms with E-state index in [0.717, 1.165) is 25.7 Å². The summed E-state index contributed by atoms with van der Waals surface area (Å²) >= 11 is 1.80. The minimum Gasteiger partial charge on any atom is -0.495 e. The lowest BCUT2D eigenvalue weighted by Gasteiger charge is -2.28. The zero-order chi connectivity index (χ0) is 15.5. The van der Waals surface area contributed by atoms with Gasteiger partial charge in [-0.1, -0.05) is 6.42 Å². The number of benzene rings is 1. The molecule has 0 aliphatic heterocycles. The number of ether oxygens (including phenoxy) is 1. The first-order valence-electron chi connectivity index (χ1n) is 6.95. The van der Waals surface area contributed by atoms with E-state index in [2.05, 4.69) is 11.0 Å². The van der Waals surface area contributed by atoms with Crippen molar-refractivity contribution in [2.45, 2.75) is 41.9 Å². The molecular formula is C14H22N2O3S2. The van der Waals surface area contributed by atoms with Crippen LogP contribution in [0.15, 0.2) is 23.1 Å². The van der Waals surface area contributed by atoms with Crippen LogP contribution in [0.3, 0.4) is 0 Å². The molecule has 0 aromatic heterocycles. The molecular weight excluding hydrogens is 308 g/mol. The molecule has 1 aromatic rings. The average molecular weight is 330 g/mol. The van der Waals surface area contributed by atoms with Crippen molar-refractivity contribution in [3.63, 3.8) is 0 Å². The van der Waals surface area contributed by atoms with E-state index in [1.165, 1.54) is 13.2 Å². The van der Waals surface area contributed by atoms with Gasteiger partial charge in [-0.3, -0.25) is 0 Å². The molecule has 2 unspecified atom stereocenters. The second kappa shape index (κ2) is 6.89. The Morgan fingerprint density at radius 1 is 1.38 bits per heavy atom. The van der Waals surface area contributed by atoms with E-state index in [0.29, 0.717) is 16.7 Å². The highest BCUT2D eigenvalue weighted by Gasteiger charge is 2.28. The maximum atomic E-state index is 12.6. The zero-order valence-corrected chi connectivity index (χ0v) is 14.0. The van der Waals surface area contributed by atoms with Crippen LogP contribution < -0.4 is 15.2 Å². The molecule has 21 heavy (non-hydrogen) atoms. The number of nitrogens with two attached hydrogens (primary N) is 1. The Balaban J connectivity index is 2.20. The largest absolute Gasteiger partial charge is 0.495 e. The van der Waals surface area contributed by atoms with E-state index < -0.39 is 10.0 Å². The SMILES string of the molecule is COc1ccc(N)cc1S(=O)(=O)NC1CCCC(SC)C1. The van der Waals surface area contributed by atoms with Crippen molar-refractivity contribution in [1.82, 2.24) is 4.72 Å². The third-order valence-electron chi connectivity index (χ3n) is 3.76. The van der Waals surface area contributed by atoms with E-state index in [9.17, 15) is 8.42 Å². The van der Waals surface area contributed by atoms with Crippen molar-refractivity contribution in [1.29, 1.82) is 0 Å². The highest BCUT2D eigenvalue weighted by atomic mass is 32.2. The van der Waals surface area contributed by atoms with Gasteiger partial charge in [0.15, 0.2) is 0 Å². The van der Waals surface area contributed by atoms with E-state index in [-0.39, 0.29) is 10.9 Å². The molecule has 0 amide bonds. The van der Waals surface area contributed by atoms with Crippen LogP contribution in [0, 0.1) is 0 Å². The van der Waals surface area contributed by atoms with Gasteiger partial charge >= 0.3 is 0 Å². The van der Waals surface area contributed by atoms with Crippen LogP contribution in [-0.4, -0.2) is 33.1 Å². The number of methoxy groups -OCH3 is 1. The first-order chi connectivity index (χ1) is 9.96. The van der Waals surface area contributed by atoms with Crippen LogP contribution in [0.2, 0.25) is 0 Å². The standard InChI is InChI=1S/C14H22N2O3S2/c1-19-13-7-6-10(15)8-14(13)21(17,18)16-11-4-3-5-12(9-11)20-2/h6-8,11-12,16H,3-5,9,15H2,1-2H3. The number of thioether (sulfide) groups is 1. The van der Waals surface area contributed by atoms with Crippen molar-refractivity contribution >= 4 is 27.5 Å². The monoisotopic (exact) mass is 330 g/mol. The van der Waals surface area contributed by atoms with Gasteiger partial charge in [0.05, 0.1) is 7.11 Å². The van der Waals surface area contributed by atoms with Crippen molar-refractivity contribution < 1.29 is 13.2 Å². The zero-order valence-electron chi connectivity index (χ0n) is 12.3. The lowest BCUT2D eigenvalue weighted by molar-refractivity contribution is 0.398. The Bertz CT molecular complexity index is 590. The number of sulfonamides is 1. The molecule has 5 nitrogen and oxygen atoms in total. The first kappa shape index (κ1) is 16.5. The second-order valence-electron chi connectivity index (χ2n) is 5.25. The lowest BCUT2D eigenvalue weighted by Crippen LogP contribution is -2.39. The van der Waals surface area contributed by atoms with Crippen molar-refractivity contribution in [3.8, 4) is 5.75 Å². The summed E-state index contributed by atoms with van der Waals surface area (Å²) in [4.78, 5) is 0.108. The Kier molecular flexibility index (Phi) is 5.40. The van der Waals surface area contributed by atoms with Crippen LogP contribution in [-0.2, 0) is 10.0 Å². The first-order valence-corrected chi connectivity index (χ1v) is 9.72. The molecule has 1 fully saturated rings. The number of hydrogen-bond acceptors (Lipinski definition) is 5. The predicted molar refractivity (Wildman–Crippen MR) is 87.3 cm³/mol. The van der Waals surface area contributed by atoms with Crippen LogP contribution in [0.1, 0.15) is 25.7 Å². The maximum Gasteiger partial charge on any atom is 0.244 e. The molecule has 1 aromatic carbocycles. The molecule has 7 heteroatoms. The lowest BCUT2D eigenvalue weighted by atomic mass is 9.96. The third-order valence-corrected chi connectivity index (χ3v) is 6.39. The van der Waals surface area contributed by atoms with Crippen molar-refractivity contribution in [2.75, 3.05) is 19.1 Å². The summed E-state index contributed by atoms with van der Waals surface area (Å²) in [7, 11) is -2.17. The minimum absolute atomic E-state index is 0.0210. The highest BCUT2D eigenvalue weighted by molar-refractivity contribution is 7.99. The number of nitrogens with one attached hydrogen (secondary N) is 1. The molecule has 0 spiro atoms. The Morgan fingerprint density at radius 2 is 2.14 bits per heavy atom. The normalized spacial score (nSPS) is 23.0. The van der Waals surface area contributed by atoms with Crippen LogP contribution in [0.4, 0.5) is 5.69 Å². The van der Waals surface area contributed by atoms with Gasteiger partial charge in [0.2, 0.25) is 10.0 Å². The molecule has 2 rings (SSSR count). The number of nitrogen functional groups attached to an aromatic ring is 1. The van der Waals surface area contributed by atoms with Crippen molar-refractivity contribution in [2.24, 2.45) is 0 Å². The molecule has 2 atom stereocenters. The summed E-state index contributed by atoms with van der Waals surface area (Å²) in [5.74, 6) is 0.314. The van der Waals surface area contributed by atoms with Gasteiger partial charge in [-0.15, -0.1) is 0 Å². The fraction of sp³-hybridized carbons (Fsp3) is 0.571. The fourth-order valence-corrected chi connectivity index (χ4v) is 4.97. The maximum absolute atomic E-state index is 12.6. The number of rotatable bonds is 5. The average Bonchev–Trinajstić information content (AvgIpc) is 2.47. The van der Waals surface area contributed by atoms with Gasteiger partial charge in [0.25, 0.3) is 0 Å². The molecule has 3 N–H and O–H groups in total. The van der Waals surface area contributed by atoms with Crippen LogP contribution in [0.25, 0.3) is 0 Å². The van der Waals surface area contributed by atoms with E-state index in [1.54, 1.807) is 23.9 Å². The smallest absolute Gasteiger partial charge is 0.244 e. The summed E-state index contributed by atoms with van der Waals surface area (Å²) in [5, 5.41) is 0.522. The summed E-state index contributed by atoms with van der Waals surface area (Å²) < 4.78 is 33.1. The molecule has 118 valence electrons. The fourth-order valence-electron chi connectivity index (χ4n) is 2.65. The van der Waals surface area contributed by atoms with Gasteiger partial charge in [-0.25, -0.2) is 13.1 Å². The molecule has 0 bridgehead atoms. The summed E-state index contributed by atoms with van der Waals surface area (Å²) in [6, 6.07) is 4.63. The molecule has 0 saturated heterocycles. The van der Waals surface area contributed by atoms with Gasteiger partial charge in [-0.05, 0) is 43.7 Å². The van der Waals surface area contributed by atoms with E-state index in [4.69, 9.17) is 10.5 Å². The molecule has 0 radical (unpaired) electrons. The summed E-state index contributed by atoms with van der Waals surface area (Å²) in [5.41, 5.74) is 6.11. The second-order valence-corrected chi connectivity index (χ2v) is 8.07. The number of hydrogen-bond donors (Lipinski definition) is 2. The molecule has 0 heterocycles. The van der Waals surface area contributed by atoms with Gasteiger partial charge in [0, 0.05) is 17.0 Å². The third kappa shape index (κ3) is 4.05. The van der Waals surface area contributed by atoms with Crippen LogP contribution >= 0.6 is 11.8 Å². The van der Waals surface area contributed by atoms with Gasteiger partial charge in [0.1, 0.15) is 10.6 Å². The molecule has 1 aliphatic carbocycles. The van der Waals surface area contributed by atoms with Gasteiger partial charge < -0.3 is 10.5 Å². The Labute approximate surface area is 130 Å². The number of anilines is 1. The van der Waals surface area contributed by atoms with Crippen molar-refractivity contribution in [3.05, 3.63) is 18.2 Å². The van der Waals surface area contributed by atoms with E-state index in [1.807, 2.05) is 0 Å². The minimum atomic E-state index is -3.62. The molecule has 1 aliphatic rings. The Hall–Kier alpha value is -0.920. The summed E-state index contributed by atoms with van der Waals surface area (Å²) in [6.45, 7) is 0. The van der Waals surface area contributed by atoms with Crippen LogP contribution in [0.5, 0.6) is 5.75 Å². The highest BCUT2D eigenvalue weighted by Crippen LogP contribution is 2.30. The quantitative estimate of drug-likeness (QED) is 0.809. The summed E-state index contributed by atoms with van der Waals surface area (Å²) in [6.07, 6.45) is 6.02.